The maximum absolute atomic E-state index is 12.4. The SMILES string of the molecule is CC(C)c1cccc(C(C)C)c1Nc1ccc(C(=O)NCc2ccccn2)nc1. The van der Waals surface area contributed by atoms with Crippen LogP contribution in [0.25, 0.3) is 0 Å². The number of rotatable bonds is 7. The number of hydrogen-bond acceptors (Lipinski definition) is 4. The van der Waals surface area contributed by atoms with E-state index in [1.165, 1.54) is 11.1 Å². The van der Waals surface area contributed by atoms with E-state index in [1.54, 1.807) is 18.5 Å². The van der Waals surface area contributed by atoms with Crippen molar-refractivity contribution < 1.29 is 4.79 Å². The molecule has 0 unspecified atom stereocenters. The van der Waals surface area contributed by atoms with Gasteiger partial charge in [0.05, 0.1) is 24.1 Å². The smallest absolute Gasteiger partial charge is 0.270 e. The predicted molar refractivity (Wildman–Crippen MR) is 118 cm³/mol. The highest BCUT2D eigenvalue weighted by molar-refractivity contribution is 5.92. The molecule has 3 aromatic rings. The van der Waals surface area contributed by atoms with Crippen molar-refractivity contribution in [3.05, 3.63) is 83.4 Å². The number of para-hydroxylation sites is 1. The van der Waals surface area contributed by atoms with E-state index in [0.29, 0.717) is 24.1 Å². The molecule has 29 heavy (non-hydrogen) atoms. The summed E-state index contributed by atoms with van der Waals surface area (Å²) in [6.45, 7) is 9.15. The lowest BCUT2D eigenvalue weighted by Gasteiger charge is -2.21. The lowest BCUT2D eigenvalue weighted by molar-refractivity contribution is 0.0945. The zero-order valence-corrected chi connectivity index (χ0v) is 17.4. The fourth-order valence-electron chi connectivity index (χ4n) is 3.21. The van der Waals surface area contributed by atoms with Crippen LogP contribution in [0.1, 0.15) is 66.8 Å². The summed E-state index contributed by atoms with van der Waals surface area (Å²) in [6, 6.07) is 15.7. The van der Waals surface area contributed by atoms with Gasteiger partial charge in [-0.15, -0.1) is 0 Å². The molecule has 2 heterocycles. The minimum absolute atomic E-state index is 0.215. The first-order valence-corrected chi connectivity index (χ1v) is 9.99. The molecule has 5 nitrogen and oxygen atoms in total. The van der Waals surface area contributed by atoms with Crippen LogP contribution in [0.4, 0.5) is 11.4 Å². The summed E-state index contributed by atoms with van der Waals surface area (Å²) >= 11 is 0. The average Bonchev–Trinajstić information content (AvgIpc) is 2.73. The Balaban J connectivity index is 1.73. The van der Waals surface area contributed by atoms with Crippen molar-refractivity contribution in [3.63, 3.8) is 0 Å². The first-order chi connectivity index (χ1) is 14.0. The average molecular weight is 389 g/mol. The van der Waals surface area contributed by atoms with E-state index in [0.717, 1.165) is 17.1 Å². The van der Waals surface area contributed by atoms with Gasteiger partial charge >= 0.3 is 0 Å². The molecule has 5 heteroatoms. The number of anilines is 2. The quantitative estimate of drug-likeness (QED) is 0.569. The van der Waals surface area contributed by atoms with Crippen LogP contribution < -0.4 is 10.6 Å². The highest BCUT2D eigenvalue weighted by Crippen LogP contribution is 2.34. The summed E-state index contributed by atoms with van der Waals surface area (Å²) in [7, 11) is 0. The Hall–Kier alpha value is -3.21. The van der Waals surface area contributed by atoms with E-state index in [4.69, 9.17) is 0 Å². The van der Waals surface area contributed by atoms with Crippen LogP contribution in [0.3, 0.4) is 0 Å². The van der Waals surface area contributed by atoms with Gasteiger partial charge in [-0.05, 0) is 47.2 Å². The third-order valence-corrected chi connectivity index (χ3v) is 4.79. The minimum atomic E-state index is -0.215. The van der Waals surface area contributed by atoms with Crippen LogP contribution in [0.15, 0.2) is 60.9 Å². The van der Waals surface area contributed by atoms with Crippen LogP contribution in [0, 0.1) is 0 Å². The third kappa shape index (κ3) is 5.19. The molecule has 0 aliphatic rings. The molecule has 0 saturated carbocycles. The van der Waals surface area contributed by atoms with Crippen molar-refractivity contribution in [2.24, 2.45) is 0 Å². The maximum atomic E-state index is 12.4. The van der Waals surface area contributed by atoms with Crippen molar-refractivity contribution >= 4 is 17.3 Å². The van der Waals surface area contributed by atoms with E-state index in [-0.39, 0.29) is 5.91 Å². The standard InChI is InChI=1S/C24H28N4O/c1-16(2)20-9-7-10-21(17(3)4)23(20)28-19-11-12-22(26-15-19)24(29)27-14-18-8-5-6-13-25-18/h5-13,15-17,28H,14H2,1-4H3,(H,27,29). The fraction of sp³-hybridized carbons (Fsp3) is 0.292. The molecular formula is C24H28N4O. The summed E-state index contributed by atoms with van der Waals surface area (Å²) in [5, 5.41) is 6.37. The van der Waals surface area contributed by atoms with Gasteiger partial charge in [0, 0.05) is 11.9 Å². The van der Waals surface area contributed by atoms with Gasteiger partial charge in [0.25, 0.3) is 5.91 Å². The number of carbonyl (C=O) groups excluding carboxylic acids is 1. The number of benzene rings is 1. The minimum Gasteiger partial charge on any atom is -0.354 e. The zero-order valence-electron chi connectivity index (χ0n) is 17.4. The Morgan fingerprint density at radius 1 is 0.897 bits per heavy atom. The van der Waals surface area contributed by atoms with Gasteiger partial charge < -0.3 is 10.6 Å². The van der Waals surface area contributed by atoms with Crippen molar-refractivity contribution in [1.29, 1.82) is 0 Å². The number of amides is 1. The Bertz CT molecular complexity index is 924. The molecule has 150 valence electrons. The van der Waals surface area contributed by atoms with E-state index in [1.807, 2.05) is 24.3 Å². The predicted octanol–water partition coefficient (Wildman–Crippen LogP) is 5.40. The van der Waals surface area contributed by atoms with Gasteiger partial charge in [-0.2, -0.15) is 0 Å². The lowest BCUT2D eigenvalue weighted by atomic mass is 9.92. The van der Waals surface area contributed by atoms with Crippen LogP contribution in [0.5, 0.6) is 0 Å². The van der Waals surface area contributed by atoms with Crippen LogP contribution >= 0.6 is 0 Å². The second kappa shape index (κ2) is 9.32. The normalized spacial score (nSPS) is 11.0. The number of nitrogens with one attached hydrogen (secondary N) is 2. The highest BCUT2D eigenvalue weighted by atomic mass is 16.1. The van der Waals surface area contributed by atoms with E-state index >= 15 is 0 Å². The molecule has 0 aliphatic heterocycles. The monoisotopic (exact) mass is 388 g/mol. The van der Waals surface area contributed by atoms with Crippen LogP contribution in [0.2, 0.25) is 0 Å². The summed E-state index contributed by atoms with van der Waals surface area (Å²) < 4.78 is 0. The largest absolute Gasteiger partial charge is 0.354 e. The molecular weight excluding hydrogens is 360 g/mol. The molecule has 0 aliphatic carbocycles. The summed E-state index contributed by atoms with van der Waals surface area (Å²) in [4.78, 5) is 20.9. The van der Waals surface area contributed by atoms with Gasteiger partial charge in [-0.3, -0.25) is 9.78 Å². The van der Waals surface area contributed by atoms with Gasteiger partial charge in [0.2, 0.25) is 0 Å². The molecule has 0 atom stereocenters. The van der Waals surface area contributed by atoms with Gasteiger partial charge in [0.1, 0.15) is 5.69 Å². The Morgan fingerprint density at radius 3 is 2.17 bits per heavy atom. The number of aromatic nitrogens is 2. The topological polar surface area (TPSA) is 66.9 Å². The van der Waals surface area contributed by atoms with E-state index < -0.39 is 0 Å². The van der Waals surface area contributed by atoms with Crippen molar-refractivity contribution in [2.75, 3.05) is 5.32 Å². The molecule has 0 radical (unpaired) electrons. The number of carbonyl (C=O) groups is 1. The molecule has 0 bridgehead atoms. The summed E-state index contributed by atoms with van der Waals surface area (Å²) in [6.07, 6.45) is 3.41. The molecule has 0 spiro atoms. The van der Waals surface area contributed by atoms with E-state index in [2.05, 4.69) is 66.5 Å². The van der Waals surface area contributed by atoms with Crippen molar-refractivity contribution in [1.82, 2.24) is 15.3 Å². The molecule has 2 N–H and O–H groups in total. The molecule has 2 aromatic heterocycles. The summed E-state index contributed by atoms with van der Waals surface area (Å²) in [5.74, 6) is 0.592. The van der Waals surface area contributed by atoms with Gasteiger partial charge in [0.15, 0.2) is 0 Å². The summed E-state index contributed by atoms with van der Waals surface area (Å²) in [5.41, 5.74) is 5.73. The van der Waals surface area contributed by atoms with Gasteiger partial charge in [-0.1, -0.05) is 52.0 Å². The molecule has 3 rings (SSSR count). The third-order valence-electron chi connectivity index (χ3n) is 4.79. The van der Waals surface area contributed by atoms with Crippen molar-refractivity contribution in [3.8, 4) is 0 Å². The number of pyridine rings is 2. The second-order valence-corrected chi connectivity index (χ2v) is 7.68. The number of hydrogen-bond donors (Lipinski definition) is 2. The Morgan fingerprint density at radius 2 is 1.62 bits per heavy atom. The molecule has 1 amide bonds. The van der Waals surface area contributed by atoms with Gasteiger partial charge in [-0.25, -0.2) is 4.98 Å². The Kier molecular flexibility index (Phi) is 6.60. The highest BCUT2D eigenvalue weighted by Gasteiger charge is 2.14. The van der Waals surface area contributed by atoms with Crippen LogP contribution in [-0.2, 0) is 6.54 Å². The zero-order chi connectivity index (χ0) is 20.8. The molecule has 0 saturated heterocycles. The van der Waals surface area contributed by atoms with E-state index in [9.17, 15) is 4.79 Å². The second-order valence-electron chi connectivity index (χ2n) is 7.68. The first-order valence-electron chi connectivity index (χ1n) is 9.99. The lowest BCUT2D eigenvalue weighted by Crippen LogP contribution is -2.24. The Labute approximate surface area is 172 Å². The molecule has 0 fully saturated rings. The van der Waals surface area contributed by atoms with Crippen LogP contribution in [-0.4, -0.2) is 15.9 Å². The fourth-order valence-corrected chi connectivity index (χ4v) is 3.21. The molecule has 1 aromatic carbocycles. The first kappa shape index (κ1) is 20.5. The van der Waals surface area contributed by atoms with Crippen molar-refractivity contribution in [2.45, 2.75) is 46.1 Å². The number of nitrogens with zero attached hydrogens (tertiary/aromatic N) is 2. The maximum Gasteiger partial charge on any atom is 0.270 e.